The molecule has 0 bridgehead atoms. The average Bonchev–Trinajstić information content (AvgIpc) is 3.58. The van der Waals surface area contributed by atoms with Crippen LogP contribution in [0, 0.1) is 6.92 Å². The van der Waals surface area contributed by atoms with E-state index in [1.165, 1.54) is 16.8 Å². The number of benzene rings is 2. The number of carbonyl (C=O) groups excluding carboxylic acids is 2. The van der Waals surface area contributed by atoms with Crippen LogP contribution in [-0.4, -0.2) is 50.7 Å². The SMILES string of the molecule is Cc1c(C(=O)O)ccc2c1CC[C@@H]2NC(=O)c1cc(C(=O)NCc2ccc3c(c2)OCCO3)nc2ccnn12. The molecule has 1 atom stereocenters. The summed E-state index contributed by atoms with van der Waals surface area (Å²) in [5.41, 5.74) is 4.26. The highest BCUT2D eigenvalue weighted by atomic mass is 16.6. The van der Waals surface area contributed by atoms with Crippen LogP contribution in [0.1, 0.15) is 66.1 Å². The summed E-state index contributed by atoms with van der Waals surface area (Å²) in [7, 11) is 0. The Morgan fingerprint density at radius 1 is 1.05 bits per heavy atom. The number of hydrogen-bond acceptors (Lipinski definition) is 7. The van der Waals surface area contributed by atoms with E-state index in [-0.39, 0.29) is 29.5 Å². The largest absolute Gasteiger partial charge is 0.486 e. The molecule has 2 aromatic carbocycles. The molecule has 198 valence electrons. The summed E-state index contributed by atoms with van der Waals surface area (Å²) in [5.74, 6) is -0.522. The Hall–Kier alpha value is -4.93. The van der Waals surface area contributed by atoms with Gasteiger partial charge in [0.1, 0.15) is 24.6 Å². The highest BCUT2D eigenvalue weighted by Crippen LogP contribution is 2.35. The van der Waals surface area contributed by atoms with Crippen LogP contribution in [0.4, 0.5) is 0 Å². The smallest absolute Gasteiger partial charge is 0.335 e. The van der Waals surface area contributed by atoms with E-state index in [0.29, 0.717) is 48.8 Å². The minimum absolute atomic E-state index is 0.0828. The van der Waals surface area contributed by atoms with Gasteiger partial charge in [0.2, 0.25) is 0 Å². The number of carboxylic acids is 1. The minimum atomic E-state index is -0.972. The molecule has 0 saturated heterocycles. The van der Waals surface area contributed by atoms with Gasteiger partial charge in [-0.1, -0.05) is 12.1 Å². The number of fused-ring (bicyclic) bond motifs is 3. The van der Waals surface area contributed by atoms with Gasteiger partial charge >= 0.3 is 5.97 Å². The fourth-order valence-electron chi connectivity index (χ4n) is 5.16. The van der Waals surface area contributed by atoms with Crippen molar-refractivity contribution in [1.29, 1.82) is 0 Å². The fourth-order valence-corrected chi connectivity index (χ4v) is 5.16. The summed E-state index contributed by atoms with van der Waals surface area (Å²) in [6.45, 7) is 3.00. The monoisotopic (exact) mass is 527 g/mol. The first-order valence-electron chi connectivity index (χ1n) is 12.6. The molecule has 6 rings (SSSR count). The Bertz CT molecular complexity index is 1650. The van der Waals surface area contributed by atoms with Crippen LogP contribution in [-0.2, 0) is 13.0 Å². The molecule has 0 spiro atoms. The van der Waals surface area contributed by atoms with Gasteiger partial charge in [-0.25, -0.2) is 14.3 Å². The molecular formula is C28H25N5O6. The van der Waals surface area contributed by atoms with E-state index >= 15 is 0 Å². The van der Waals surface area contributed by atoms with Crippen molar-refractivity contribution in [3.05, 3.63) is 87.9 Å². The van der Waals surface area contributed by atoms with E-state index in [1.54, 1.807) is 31.2 Å². The Labute approximate surface area is 222 Å². The van der Waals surface area contributed by atoms with Gasteiger partial charge in [0.05, 0.1) is 17.8 Å². The van der Waals surface area contributed by atoms with Gasteiger partial charge in [0.15, 0.2) is 17.1 Å². The molecule has 0 unspecified atom stereocenters. The second-order valence-corrected chi connectivity index (χ2v) is 9.46. The number of ether oxygens (including phenoxy) is 2. The lowest BCUT2D eigenvalue weighted by molar-refractivity contribution is 0.0695. The van der Waals surface area contributed by atoms with E-state index < -0.39 is 17.8 Å². The molecule has 1 aliphatic carbocycles. The molecule has 11 heteroatoms. The molecule has 3 N–H and O–H groups in total. The molecule has 11 nitrogen and oxygen atoms in total. The van der Waals surface area contributed by atoms with Crippen LogP contribution >= 0.6 is 0 Å². The summed E-state index contributed by atoms with van der Waals surface area (Å²) in [5, 5.41) is 19.5. The maximum Gasteiger partial charge on any atom is 0.335 e. The molecule has 39 heavy (non-hydrogen) atoms. The summed E-state index contributed by atoms with van der Waals surface area (Å²) in [6.07, 6.45) is 2.81. The fraction of sp³-hybridized carbons (Fsp3) is 0.250. The van der Waals surface area contributed by atoms with E-state index in [9.17, 15) is 19.5 Å². The summed E-state index contributed by atoms with van der Waals surface area (Å²) in [4.78, 5) is 42.3. The number of carbonyl (C=O) groups is 3. The van der Waals surface area contributed by atoms with Gasteiger partial charge in [0, 0.05) is 18.7 Å². The molecule has 3 heterocycles. The minimum Gasteiger partial charge on any atom is -0.486 e. The first-order valence-corrected chi connectivity index (χ1v) is 12.6. The molecule has 0 saturated carbocycles. The van der Waals surface area contributed by atoms with Crippen molar-refractivity contribution in [2.24, 2.45) is 0 Å². The molecule has 2 aromatic heterocycles. The lowest BCUT2D eigenvalue weighted by Gasteiger charge is -2.19. The van der Waals surface area contributed by atoms with Crippen molar-refractivity contribution < 1.29 is 29.0 Å². The van der Waals surface area contributed by atoms with Crippen LogP contribution in [0.3, 0.4) is 0 Å². The number of rotatable bonds is 6. The molecule has 0 fully saturated rings. The van der Waals surface area contributed by atoms with Crippen molar-refractivity contribution in [2.45, 2.75) is 32.4 Å². The average molecular weight is 528 g/mol. The first-order chi connectivity index (χ1) is 18.9. The zero-order chi connectivity index (χ0) is 27.1. The normalized spacial score (nSPS) is 15.6. The standard InChI is InChI=1S/C28H25N5O6/c1-15-17-5-6-20(19(17)4-3-18(15)28(36)37)32-27(35)22-13-21(31-25-8-9-30-33(22)25)26(34)29-14-16-2-7-23-24(12-16)39-11-10-38-23/h2-4,7-9,12-13,20H,5-6,10-11,14H2,1H3,(H,29,34)(H,32,35)(H,36,37)/t20-/m0/s1. The maximum absolute atomic E-state index is 13.4. The van der Waals surface area contributed by atoms with Crippen LogP contribution in [0.2, 0.25) is 0 Å². The lowest BCUT2D eigenvalue weighted by atomic mass is 9.98. The van der Waals surface area contributed by atoms with Gasteiger partial charge < -0.3 is 25.2 Å². The van der Waals surface area contributed by atoms with E-state index in [0.717, 1.165) is 16.7 Å². The molecule has 2 aliphatic rings. The topological polar surface area (TPSA) is 144 Å². The first kappa shape index (κ1) is 24.4. The number of aromatic nitrogens is 3. The van der Waals surface area contributed by atoms with Crippen molar-refractivity contribution in [3.8, 4) is 11.5 Å². The maximum atomic E-state index is 13.4. The summed E-state index contributed by atoms with van der Waals surface area (Å²) >= 11 is 0. The third-order valence-corrected chi connectivity index (χ3v) is 7.11. The number of nitrogens with zero attached hydrogens (tertiary/aromatic N) is 3. The van der Waals surface area contributed by atoms with Gasteiger partial charge in [-0.05, 0) is 60.2 Å². The van der Waals surface area contributed by atoms with Crippen molar-refractivity contribution in [1.82, 2.24) is 25.2 Å². The van der Waals surface area contributed by atoms with Gasteiger partial charge in [0.25, 0.3) is 11.8 Å². The molecule has 0 radical (unpaired) electrons. The van der Waals surface area contributed by atoms with Crippen LogP contribution in [0.25, 0.3) is 5.65 Å². The molecular weight excluding hydrogens is 502 g/mol. The van der Waals surface area contributed by atoms with Gasteiger partial charge in [-0.3, -0.25) is 9.59 Å². The third kappa shape index (κ3) is 4.52. The van der Waals surface area contributed by atoms with E-state index in [4.69, 9.17) is 9.47 Å². The quantitative estimate of drug-likeness (QED) is 0.347. The Kier molecular flexibility index (Phi) is 6.10. The van der Waals surface area contributed by atoms with Gasteiger partial charge in [-0.15, -0.1) is 0 Å². The Morgan fingerprint density at radius 2 is 1.87 bits per heavy atom. The van der Waals surface area contributed by atoms with E-state index in [1.807, 2.05) is 12.1 Å². The zero-order valence-electron chi connectivity index (χ0n) is 21.1. The van der Waals surface area contributed by atoms with Crippen LogP contribution in [0.5, 0.6) is 11.5 Å². The third-order valence-electron chi connectivity index (χ3n) is 7.11. The predicted octanol–water partition coefficient (Wildman–Crippen LogP) is 2.85. The highest BCUT2D eigenvalue weighted by molar-refractivity contribution is 5.98. The Morgan fingerprint density at radius 3 is 2.69 bits per heavy atom. The van der Waals surface area contributed by atoms with Crippen LogP contribution in [0.15, 0.2) is 48.7 Å². The number of carboxylic acid groups (broad SMARTS) is 1. The molecule has 2 amide bonds. The lowest BCUT2D eigenvalue weighted by Crippen LogP contribution is -2.30. The number of aromatic carboxylic acids is 1. The zero-order valence-corrected chi connectivity index (χ0v) is 21.1. The summed E-state index contributed by atoms with van der Waals surface area (Å²) < 4.78 is 12.5. The Balaban J connectivity index is 1.21. The highest BCUT2D eigenvalue weighted by Gasteiger charge is 2.29. The second-order valence-electron chi connectivity index (χ2n) is 9.46. The summed E-state index contributed by atoms with van der Waals surface area (Å²) in [6, 6.07) is 11.6. The molecule has 4 aromatic rings. The molecule has 1 aliphatic heterocycles. The van der Waals surface area contributed by atoms with Crippen molar-refractivity contribution in [3.63, 3.8) is 0 Å². The van der Waals surface area contributed by atoms with Crippen molar-refractivity contribution >= 4 is 23.4 Å². The van der Waals surface area contributed by atoms with Gasteiger partial charge in [-0.2, -0.15) is 5.10 Å². The van der Waals surface area contributed by atoms with E-state index in [2.05, 4.69) is 20.7 Å². The number of hydrogen-bond donors (Lipinski definition) is 3. The van der Waals surface area contributed by atoms with Crippen molar-refractivity contribution in [2.75, 3.05) is 13.2 Å². The second kappa shape index (κ2) is 9.75. The number of nitrogens with one attached hydrogen (secondary N) is 2. The van der Waals surface area contributed by atoms with Crippen LogP contribution < -0.4 is 20.1 Å². The predicted molar refractivity (Wildman–Crippen MR) is 138 cm³/mol. The number of amides is 2.